The van der Waals surface area contributed by atoms with Gasteiger partial charge in [0, 0.05) is 13.1 Å². The molecule has 0 aromatic heterocycles. The van der Waals surface area contributed by atoms with E-state index in [9.17, 15) is 9.59 Å². The predicted molar refractivity (Wildman–Crippen MR) is 63.9 cm³/mol. The van der Waals surface area contributed by atoms with Gasteiger partial charge in [0.05, 0.1) is 0 Å². The van der Waals surface area contributed by atoms with Crippen LogP contribution in [0.1, 0.15) is 13.3 Å². The largest absolute Gasteiger partial charge is 0.480 e. The van der Waals surface area contributed by atoms with Gasteiger partial charge in [-0.1, -0.05) is 0 Å². The summed E-state index contributed by atoms with van der Waals surface area (Å²) in [5.41, 5.74) is 0. The van der Waals surface area contributed by atoms with Crippen LogP contribution in [0.15, 0.2) is 0 Å². The van der Waals surface area contributed by atoms with E-state index in [4.69, 9.17) is 9.84 Å². The number of carboxylic acid groups (broad SMARTS) is 1. The highest BCUT2D eigenvalue weighted by atomic mass is 16.5. The minimum Gasteiger partial charge on any atom is -0.480 e. The lowest BCUT2D eigenvalue weighted by molar-refractivity contribution is -0.145. The number of hydrogen-bond donors (Lipinski definition) is 1. The first-order chi connectivity index (χ1) is 7.97. The van der Waals surface area contributed by atoms with E-state index in [1.165, 1.54) is 0 Å². The first-order valence-corrected chi connectivity index (χ1v) is 5.69. The first-order valence-electron chi connectivity index (χ1n) is 5.69. The number of amides is 1. The minimum absolute atomic E-state index is 0.160. The molecule has 0 rings (SSSR count). The third-order valence-corrected chi connectivity index (χ3v) is 2.22. The maximum atomic E-state index is 11.6. The van der Waals surface area contributed by atoms with E-state index in [1.54, 1.807) is 4.90 Å². The molecule has 0 aromatic rings. The Morgan fingerprint density at radius 1 is 1.18 bits per heavy atom. The van der Waals surface area contributed by atoms with Crippen LogP contribution in [0.4, 0.5) is 0 Å². The standard InChI is InChI=1S/C11H22N2O4/c1-4-13(7-5-6-12(2)3)10(14)8-17-9-11(15)16/h4-9H2,1-3H3,(H,15,16). The zero-order valence-electron chi connectivity index (χ0n) is 10.8. The number of nitrogens with zero attached hydrogens (tertiary/aromatic N) is 2. The molecule has 0 spiro atoms. The van der Waals surface area contributed by atoms with E-state index in [0.29, 0.717) is 13.1 Å². The number of rotatable bonds is 9. The summed E-state index contributed by atoms with van der Waals surface area (Å²) in [5.74, 6) is -1.22. The Morgan fingerprint density at radius 3 is 2.29 bits per heavy atom. The molecule has 0 saturated carbocycles. The van der Waals surface area contributed by atoms with Crippen LogP contribution in [0.2, 0.25) is 0 Å². The van der Waals surface area contributed by atoms with Gasteiger partial charge in [-0.25, -0.2) is 4.79 Å². The molecule has 0 aromatic carbocycles. The Labute approximate surface area is 102 Å². The Bertz CT molecular complexity index is 244. The molecule has 0 radical (unpaired) electrons. The molecular formula is C11H22N2O4. The maximum absolute atomic E-state index is 11.6. The molecule has 6 nitrogen and oxygen atoms in total. The van der Waals surface area contributed by atoms with Crippen molar-refractivity contribution in [3.05, 3.63) is 0 Å². The fourth-order valence-corrected chi connectivity index (χ4v) is 1.35. The second-order valence-electron chi connectivity index (χ2n) is 4.02. The van der Waals surface area contributed by atoms with E-state index in [-0.39, 0.29) is 12.5 Å². The highest BCUT2D eigenvalue weighted by molar-refractivity contribution is 5.77. The summed E-state index contributed by atoms with van der Waals surface area (Å²) < 4.78 is 4.77. The fraction of sp³-hybridized carbons (Fsp3) is 0.818. The number of carboxylic acids is 1. The topological polar surface area (TPSA) is 70.1 Å². The summed E-state index contributed by atoms with van der Waals surface area (Å²) in [4.78, 5) is 25.6. The maximum Gasteiger partial charge on any atom is 0.329 e. The van der Waals surface area contributed by atoms with Gasteiger partial charge < -0.3 is 19.6 Å². The summed E-state index contributed by atoms with van der Waals surface area (Å²) >= 11 is 0. The minimum atomic E-state index is -1.06. The molecule has 0 unspecified atom stereocenters. The molecule has 0 fully saturated rings. The Morgan fingerprint density at radius 2 is 1.82 bits per heavy atom. The Balaban J connectivity index is 3.83. The molecule has 1 amide bonds. The van der Waals surface area contributed by atoms with E-state index >= 15 is 0 Å². The number of ether oxygens (including phenoxy) is 1. The van der Waals surface area contributed by atoms with Crippen LogP contribution in [0, 0.1) is 0 Å². The molecule has 0 atom stereocenters. The molecule has 6 heteroatoms. The molecule has 1 N–H and O–H groups in total. The number of carbonyl (C=O) groups excluding carboxylic acids is 1. The second kappa shape index (κ2) is 8.95. The molecular weight excluding hydrogens is 224 g/mol. The van der Waals surface area contributed by atoms with E-state index < -0.39 is 12.6 Å². The van der Waals surface area contributed by atoms with Crippen LogP contribution < -0.4 is 0 Å². The van der Waals surface area contributed by atoms with E-state index in [2.05, 4.69) is 4.90 Å². The predicted octanol–water partition coefficient (Wildman–Crippen LogP) is -0.112. The molecule has 0 bridgehead atoms. The lowest BCUT2D eigenvalue weighted by Gasteiger charge is -2.21. The average Bonchev–Trinajstić information content (AvgIpc) is 2.23. The van der Waals surface area contributed by atoms with E-state index in [1.807, 2.05) is 21.0 Å². The summed E-state index contributed by atoms with van der Waals surface area (Å²) in [6, 6.07) is 0. The number of hydrogen-bond acceptors (Lipinski definition) is 4. The van der Waals surface area contributed by atoms with Gasteiger partial charge in [0.15, 0.2) is 0 Å². The lowest BCUT2D eigenvalue weighted by Crippen LogP contribution is -2.36. The number of aliphatic carboxylic acids is 1. The quantitative estimate of drug-likeness (QED) is 0.614. The molecule has 0 saturated heterocycles. The zero-order chi connectivity index (χ0) is 13.3. The van der Waals surface area contributed by atoms with Gasteiger partial charge in [-0.05, 0) is 34.0 Å². The lowest BCUT2D eigenvalue weighted by atomic mass is 10.3. The van der Waals surface area contributed by atoms with Crippen LogP contribution in [0.3, 0.4) is 0 Å². The number of carbonyl (C=O) groups is 2. The molecule has 0 heterocycles. The molecule has 17 heavy (non-hydrogen) atoms. The fourth-order valence-electron chi connectivity index (χ4n) is 1.35. The van der Waals surface area contributed by atoms with Crippen molar-refractivity contribution in [1.29, 1.82) is 0 Å². The van der Waals surface area contributed by atoms with Crippen LogP contribution >= 0.6 is 0 Å². The van der Waals surface area contributed by atoms with Crippen LogP contribution in [0.5, 0.6) is 0 Å². The van der Waals surface area contributed by atoms with Gasteiger partial charge in [-0.2, -0.15) is 0 Å². The summed E-state index contributed by atoms with van der Waals surface area (Å²) in [7, 11) is 3.96. The van der Waals surface area contributed by atoms with Crippen molar-refractivity contribution in [3.8, 4) is 0 Å². The summed E-state index contributed by atoms with van der Waals surface area (Å²) in [5, 5.41) is 8.37. The SMILES string of the molecule is CCN(CCCN(C)C)C(=O)COCC(=O)O. The molecule has 0 aliphatic heterocycles. The first kappa shape index (κ1) is 15.9. The zero-order valence-corrected chi connectivity index (χ0v) is 10.8. The van der Waals surface area contributed by atoms with E-state index in [0.717, 1.165) is 13.0 Å². The van der Waals surface area contributed by atoms with Gasteiger partial charge in [-0.15, -0.1) is 0 Å². The van der Waals surface area contributed by atoms with Crippen molar-refractivity contribution in [1.82, 2.24) is 9.80 Å². The molecule has 0 aliphatic carbocycles. The summed E-state index contributed by atoms with van der Waals surface area (Å²) in [6.45, 7) is 3.50. The van der Waals surface area contributed by atoms with Gasteiger partial charge in [0.1, 0.15) is 13.2 Å². The van der Waals surface area contributed by atoms with Crippen molar-refractivity contribution < 1.29 is 19.4 Å². The number of likely N-dealkylation sites (N-methyl/N-ethyl adjacent to an activating group) is 1. The third kappa shape index (κ3) is 8.65. The van der Waals surface area contributed by atoms with Crippen LogP contribution in [0.25, 0.3) is 0 Å². The normalized spacial score (nSPS) is 10.6. The van der Waals surface area contributed by atoms with Crippen molar-refractivity contribution >= 4 is 11.9 Å². The smallest absolute Gasteiger partial charge is 0.329 e. The van der Waals surface area contributed by atoms with Crippen LogP contribution in [-0.4, -0.2) is 73.7 Å². The monoisotopic (exact) mass is 246 g/mol. The van der Waals surface area contributed by atoms with Gasteiger partial charge >= 0.3 is 5.97 Å². The van der Waals surface area contributed by atoms with Crippen molar-refractivity contribution in [2.75, 3.05) is 46.9 Å². The van der Waals surface area contributed by atoms with Crippen molar-refractivity contribution in [2.24, 2.45) is 0 Å². The van der Waals surface area contributed by atoms with Gasteiger partial charge in [-0.3, -0.25) is 4.79 Å². The Hall–Kier alpha value is -1.14. The highest BCUT2D eigenvalue weighted by Crippen LogP contribution is 1.95. The van der Waals surface area contributed by atoms with Gasteiger partial charge in [0.25, 0.3) is 0 Å². The average molecular weight is 246 g/mol. The molecule has 0 aliphatic rings. The van der Waals surface area contributed by atoms with Crippen molar-refractivity contribution in [2.45, 2.75) is 13.3 Å². The second-order valence-corrected chi connectivity index (χ2v) is 4.02. The molecule has 100 valence electrons. The van der Waals surface area contributed by atoms with Gasteiger partial charge in [0.2, 0.25) is 5.91 Å². The van der Waals surface area contributed by atoms with Crippen LogP contribution in [-0.2, 0) is 14.3 Å². The summed E-state index contributed by atoms with van der Waals surface area (Å²) in [6.07, 6.45) is 0.894. The highest BCUT2D eigenvalue weighted by Gasteiger charge is 2.11. The third-order valence-electron chi connectivity index (χ3n) is 2.22. The Kier molecular flexibility index (Phi) is 8.35. The van der Waals surface area contributed by atoms with Crippen molar-refractivity contribution in [3.63, 3.8) is 0 Å².